The van der Waals surface area contributed by atoms with E-state index < -0.39 is 0 Å². The molecule has 0 spiro atoms. The number of hydrogen-bond acceptors (Lipinski definition) is 3. The fraction of sp³-hybridized carbons (Fsp3) is 0.625. The van der Waals surface area contributed by atoms with E-state index in [1.807, 2.05) is 0 Å². The molecule has 1 aliphatic heterocycles. The molecule has 0 saturated heterocycles. The summed E-state index contributed by atoms with van der Waals surface area (Å²) in [5.74, 6) is 1.47. The van der Waals surface area contributed by atoms with Gasteiger partial charge in [-0.25, -0.2) is 0 Å². The number of benzene rings is 1. The molecule has 1 aromatic rings. The zero-order valence-electron chi connectivity index (χ0n) is 12.8. The van der Waals surface area contributed by atoms with Gasteiger partial charge in [0, 0.05) is 24.7 Å². The summed E-state index contributed by atoms with van der Waals surface area (Å²) < 4.78 is 5.62. The molecule has 0 bridgehead atoms. The molecule has 1 aromatic carbocycles. The molecule has 0 amide bonds. The average molecular weight is 262 g/mol. The van der Waals surface area contributed by atoms with Crippen molar-refractivity contribution in [2.45, 2.75) is 46.2 Å². The number of aryl methyl sites for hydroxylation is 1. The molecule has 1 atom stereocenters. The lowest BCUT2D eigenvalue weighted by atomic mass is 9.88. The van der Waals surface area contributed by atoms with Crippen LogP contribution in [0.4, 0.5) is 0 Å². The van der Waals surface area contributed by atoms with Gasteiger partial charge in [0.05, 0.1) is 7.11 Å². The highest BCUT2D eigenvalue weighted by atomic mass is 16.5. The van der Waals surface area contributed by atoms with Gasteiger partial charge < -0.3 is 10.5 Å². The van der Waals surface area contributed by atoms with E-state index in [1.165, 1.54) is 22.3 Å². The summed E-state index contributed by atoms with van der Waals surface area (Å²) in [5, 5.41) is 0. The van der Waals surface area contributed by atoms with Crippen molar-refractivity contribution in [3.8, 4) is 5.75 Å². The predicted molar refractivity (Wildman–Crippen MR) is 79.7 cm³/mol. The Balaban J connectivity index is 2.66. The third-order valence-corrected chi connectivity index (χ3v) is 4.27. The first-order valence-electron chi connectivity index (χ1n) is 7.19. The van der Waals surface area contributed by atoms with E-state index >= 15 is 0 Å². The van der Waals surface area contributed by atoms with Crippen LogP contribution < -0.4 is 10.5 Å². The van der Waals surface area contributed by atoms with Gasteiger partial charge in [0.15, 0.2) is 0 Å². The molecule has 1 unspecified atom stereocenters. The molecule has 3 heteroatoms. The number of rotatable bonds is 4. The average Bonchev–Trinajstić information content (AvgIpc) is 2.76. The largest absolute Gasteiger partial charge is 0.496 e. The van der Waals surface area contributed by atoms with E-state index in [4.69, 9.17) is 10.5 Å². The van der Waals surface area contributed by atoms with E-state index in [0.29, 0.717) is 18.5 Å². The lowest BCUT2D eigenvalue weighted by Crippen LogP contribution is -2.28. The van der Waals surface area contributed by atoms with Crippen molar-refractivity contribution in [2.75, 3.05) is 20.2 Å². The normalized spacial score (nSPS) is 19.0. The molecule has 3 nitrogen and oxygen atoms in total. The molecule has 0 fully saturated rings. The summed E-state index contributed by atoms with van der Waals surface area (Å²) in [6.07, 6.45) is 0. The van der Waals surface area contributed by atoms with Crippen LogP contribution in [0.5, 0.6) is 5.75 Å². The molecule has 19 heavy (non-hydrogen) atoms. The van der Waals surface area contributed by atoms with E-state index in [2.05, 4.69) is 38.7 Å². The number of methoxy groups -OCH3 is 1. The minimum Gasteiger partial charge on any atom is -0.496 e. The smallest absolute Gasteiger partial charge is 0.122 e. The van der Waals surface area contributed by atoms with Crippen molar-refractivity contribution < 1.29 is 4.74 Å². The summed E-state index contributed by atoms with van der Waals surface area (Å²) in [4.78, 5) is 2.46. The van der Waals surface area contributed by atoms with E-state index in [0.717, 1.165) is 18.8 Å². The summed E-state index contributed by atoms with van der Waals surface area (Å²) in [6, 6.07) is 2.52. The van der Waals surface area contributed by atoms with Crippen molar-refractivity contribution in [2.24, 2.45) is 5.73 Å². The van der Waals surface area contributed by atoms with Crippen LogP contribution in [0.25, 0.3) is 0 Å². The Kier molecular flexibility index (Phi) is 4.16. The minimum absolute atomic E-state index is 0.339. The lowest BCUT2D eigenvalue weighted by Gasteiger charge is -2.25. The zero-order valence-corrected chi connectivity index (χ0v) is 12.8. The highest BCUT2D eigenvalue weighted by molar-refractivity contribution is 5.54. The van der Waals surface area contributed by atoms with Crippen LogP contribution in [-0.2, 0) is 6.54 Å². The Hall–Kier alpha value is -1.06. The van der Waals surface area contributed by atoms with Gasteiger partial charge in [0.25, 0.3) is 0 Å². The Labute approximate surface area is 116 Å². The van der Waals surface area contributed by atoms with Gasteiger partial charge in [0.2, 0.25) is 0 Å². The first-order valence-corrected chi connectivity index (χ1v) is 7.19. The third kappa shape index (κ3) is 2.26. The van der Waals surface area contributed by atoms with E-state index in [-0.39, 0.29) is 0 Å². The number of nitrogens with two attached hydrogens (primary N) is 1. The summed E-state index contributed by atoms with van der Waals surface area (Å²) in [5.41, 5.74) is 11.6. The standard InChI is InChI=1S/C16H26N2O/c1-6-18-9-12-11(4)7-14(19-5)15(10(2)3)16(12)13(18)8-17/h7,10,13H,6,8-9,17H2,1-5H3. The van der Waals surface area contributed by atoms with Gasteiger partial charge in [-0.1, -0.05) is 20.8 Å². The highest BCUT2D eigenvalue weighted by Gasteiger charge is 2.33. The Morgan fingerprint density at radius 1 is 1.47 bits per heavy atom. The van der Waals surface area contributed by atoms with Crippen LogP contribution in [0.1, 0.15) is 55.0 Å². The maximum absolute atomic E-state index is 6.04. The van der Waals surface area contributed by atoms with Gasteiger partial charge in [-0.3, -0.25) is 4.90 Å². The molecule has 2 N–H and O–H groups in total. The van der Waals surface area contributed by atoms with Crippen molar-refractivity contribution >= 4 is 0 Å². The topological polar surface area (TPSA) is 38.5 Å². The van der Waals surface area contributed by atoms with Crippen LogP contribution in [0.15, 0.2) is 6.07 Å². The van der Waals surface area contributed by atoms with Crippen LogP contribution in [0.3, 0.4) is 0 Å². The van der Waals surface area contributed by atoms with Gasteiger partial charge in [-0.15, -0.1) is 0 Å². The molecule has 0 aliphatic carbocycles. The van der Waals surface area contributed by atoms with Gasteiger partial charge in [0.1, 0.15) is 5.75 Å². The number of hydrogen-bond donors (Lipinski definition) is 1. The van der Waals surface area contributed by atoms with Crippen LogP contribution in [-0.4, -0.2) is 25.1 Å². The monoisotopic (exact) mass is 262 g/mol. The van der Waals surface area contributed by atoms with Gasteiger partial charge in [-0.05, 0) is 42.1 Å². The molecular weight excluding hydrogens is 236 g/mol. The molecule has 0 radical (unpaired) electrons. The van der Waals surface area contributed by atoms with Gasteiger partial charge >= 0.3 is 0 Å². The second-order valence-electron chi connectivity index (χ2n) is 5.67. The second-order valence-corrected chi connectivity index (χ2v) is 5.67. The Morgan fingerprint density at radius 3 is 2.63 bits per heavy atom. The van der Waals surface area contributed by atoms with Crippen LogP contribution >= 0.6 is 0 Å². The SMILES string of the molecule is CCN1Cc2c(C)cc(OC)c(C(C)C)c2C1CN. The number of ether oxygens (including phenoxy) is 1. The minimum atomic E-state index is 0.339. The molecule has 1 heterocycles. The van der Waals surface area contributed by atoms with Crippen molar-refractivity contribution in [1.82, 2.24) is 4.90 Å². The maximum atomic E-state index is 6.04. The lowest BCUT2D eigenvalue weighted by molar-refractivity contribution is 0.231. The molecule has 0 aromatic heterocycles. The van der Waals surface area contributed by atoms with Crippen molar-refractivity contribution in [3.63, 3.8) is 0 Å². The molecule has 0 saturated carbocycles. The Morgan fingerprint density at radius 2 is 2.16 bits per heavy atom. The molecule has 2 rings (SSSR count). The number of nitrogens with zero attached hydrogens (tertiary/aromatic N) is 1. The molecule has 1 aliphatic rings. The van der Waals surface area contributed by atoms with E-state index in [9.17, 15) is 0 Å². The van der Waals surface area contributed by atoms with Crippen molar-refractivity contribution in [3.05, 3.63) is 28.3 Å². The fourth-order valence-corrected chi connectivity index (χ4v) is 3.32. The highest BCUT2D eigenvalue weighted by Crippen LogP contribution is 2.43. The maximum Gasteiger partial charge on any atom is 0.122 e. The van der Waals surface area contributed by atoms with Crippen LogP contribution in [0, 0.1) is 6.92 Å². The quantitative estimate of drug-likeness (QED) is 0.906. The molecular formula is C16H26N2O. The predicted octanol–water partition coefficient (Wildman–Crippen LogP) is 2.96. The van der Waals surface area contributed by atoms with Gasteiger partial charge in [-0.2, -0.15) is 0 Å². The van der Waals surface area contributed by atoms with Crippen LogP contribution in [0.2, 0.25) is 0 Å². The fourth-order valence-electron chi connectivity index (χ4n) is 3.32. The second kappa shape index (κ2) is 5.51. The Bertz CT molecular complexity index is 468. The summed E-state index contributed by atoms with van der Waals surface area (Å²) >= 11 is 0. The number of likely N-dealkylation sites (N-methyl/N-ethyl adjacent to an activating group) is 1. The summed E-state index contributed by atoms with van der Waals surface area (Å²) in [7, 11) is 1.76. The van der Waals surface area contributed by atoms with Crippen molar-refractivity contribution in [1.29, 1.82) is 0 Å². The first kappa shape index (κ1) is 14.4. The first-order chi connectivity index (χ1) is 9.04. The third-order valence-electron chi connectivity index (χ3n) is 4.27. The number of fused-ring (bicyclic) bond motifs is 1. The summed E-state index contributed by atoms with van der Waals surface area (Å²) in [6.45, 7) is 11.6. The molecule has 106 valence electrons. The van der Waals surface area contributed by atoms with E-state index in [1.54, 1.807) is 7.11 Å². The zero-order chi connectivity index (χ0) is 14.2.